The van der Waals surface area contributed by atoms with Crippen LogP contribution in [0.1, 0.15) is 138 Å². The number of carboxylic acids is 1. The molecular formula is C70H102N5NaO20P3+. The molecule has 5 aliphatic heterocycles. The number of carboxylic acid groups (broad SMARTS) is 1. The van der Waals surface area contributed by atoms with Gasteiger partial charge in [0.15, 0.2) is 12.2 Å². The van der Waals surface area contributed by atoms with E-state index < -0.39 is 47.8 Å². The molecule has 542 valence electrons. The van der Waals surface area contributed by atoms with Gasteiger partial charge in [0, 0.05) is 106 Å². The molecule has 10 rings (SSSR count). The second-order valence-electron chi connectivity index (χ2n) is 23.1. The van der Waals surface area contributed by atoms with Gasteiger partial charge in [0.1, 0.15) is 47.1 Å². The number of nitrogens with zero attached hydrogens (tertiary/aromatic N) is 2. The Morgan fingerprint density at radius 1 is 0.545 bits per heavy atom. The van der Waals surface area contributed by atoms with Crippen molar-refractivity contribution in [3.05, 3.63) is 142 Å². The fourth-order valence-corrected chi connectivity index (χ4v) is 11.4. The first-order valence-electron chi connectivity index (χ1n) is 31.6. The molecule has 5 heterocycles. The van der Waals surface area contributed by atoms with Crippen molar-refractivity contribution >= 4 is 63.3 Å². The molecule has 0 aromatic heterocycles. The van der Waals surface area contributed by atoms with Gasteiger partial charge in [-0.05, 0) is 95.0 Å². The van der Waals surface area contributed by atoms with Crippen molar-refractivity contribution in [2.75, 3.05) is 75.6 Å². The van der Waals surface area contributed by atoms with Crippen molar-refractivity contribution in [2.45, 2.75) is 148 Å². The summed E-state index contributed by atoms with van der Waals surface area (Å²) in [6.45, 7) is 10.2. The normalized spacial score (nSPS) is 19.6. The van der Waals surface area contributed by atoms with E-state index in [2.05, 4.69) is 42.3 Å². The minimum Gasteiger partial charge on any atom is -0.870 e. The van der Waals surface area contributed by atoms with E-state index in [1.807, 2.05) is 49.4 Å². The van der Waals surface area contributed by atoms with Gasteiger partial charge in [-0.1, -0.05) is 43.8 Å². The van der Waals surface area contributed by atoms with Gasteiger partial charge in [0.2, 0.25) is 0 Å². The van der Waals surface area contributed by atoms with Crippen molar-refractivity contribution in [1.82, 2.24) is 20.4 Å². The zero-order valence-corrected chi connectivity index (χ0v) is 63.5. The summed E-state index contributed by atoms with van der Waals surface area (Å²) in [4.78, 5) is 80.1. The Morgan fingerprint density at radius 2 is 0.889 bits per heavy atom. The number of aliphatic carboxylic acids is 1. The van der Waals surface area contributed by atoms with E-state index in [0.717, 1.165) is 101 Å². The summed E-state index contributed by atoms with van der Waals surface area (Å²) in [5.74, 6) is 0.653. The SMILES string of the molecule is C.COc1ccc(CN[C@@H]2CCO[C@H](C)C2)c(OC)c1.COc1ccc(CN[C@H]2CCO[C@@H](C)C2)c(OC)c1.COc1ccc(C[NH+](OC(=O)[C@@H](O)CCN2C(=O)c3ccccc3C2=O)[C@@H]2CCO[C@H](C)C2)c(OC)c1.O=C(O)[C@@H](O)CCN1C(=O)c2ccccc2C1=O.P.PP.[Na+].[OH-]. The van der Waals surface area contributed by atoms with Crippen molar-refractivity contribution in [3.63, 3.8) is 0 Å². The van der Waals surface area contributed by atoms with E-state index in [4.69, 9.17) is 57.7 Å². The van der Waals surface area contributed by atoms with E-state index in [9.17, 15) is 33.9 Å². The van der Waals surface area contributed by atoms with Crippen LogP contribution in [0.2, 0.25) is 0 Å². The Bertz CT molecular complexity index is 3190. The molecule has 0 radical (unpaired) electrons. The number of hydrogen-bond donors (Lipinski definition) is 6. The number of aliphatic hydroxyl groups excluding tert-OH is 2. The standard InChI is InChI=1S/C27H32N2O8.2C15H23NO3.C12H11NO5.CH4.Na.H2O.H4P2.H3P/c1-17-14-19(11-13-36-17)29(16-18-8-9-20(34-2)15-24(18)35-3)37-27(33)23(30)10-12-28-25(31)21-6-4-5-7-22(21)26(28)32;2*1-11-8-13(6-7-19-11)16-10-12-4-5-14(17-2)9-15(12)18-3;14-9(12(17)18)5-6-13-10(15)7-3-1-2-4-8(7)11(13)16;;;;1-2;/h4-9,15,17,19,23,30H,10-14,16H2,1-3H3;2*4-5,9,11,13,16H,6-8,10H2,1-3H3;1-4,9,14H,5-6H2,(H,17,18);1H4;;1H2;1-2H2;1H3/q;;;;;+1;;;/t17-,19-,23+;2*11-,13-;9-;;;;;/m1100...../s1. The maximum atomic E-state index is 12.9. The summed E-state index contributed by atoms with van der Waals surface area (Å²) in [5.41, 5.74) is 4.39. The quantitative estimate of drug-likeness (QED) is 0.0218. The molecule has 0 spiro atoms. The number of carbonyl (C=O) groups excluding carboxylic acids is 5. The third kappa shape index (κ3) is 26.1. The van der Waals surface area contributed by atoms with Crippen LogP contribution in [0.4, 0.5) is 0 Å². The molecule has 4 amide bonds. The van der Waals surface area contributed by atoms with Crippen LogP contribution in [0.15, 0.2) is 103 Å². The Labute approximate surface area is 611 Å². The van der Waals surface area contributed by atoms with Gasteiger partial charge in [-0.2, -0.15) is 9.90 Å². The van der Waals surface area contributed by atoms with E-state index in [0.29, 0.717) is 89.1 Å². The molecule has 0 saturated carbocycles. The molecule has 5 aromatic rings. The van der Waals surface area contributed by atoms with Crippen LogP contribution in [-0.2, 0) is 48.3 Å². The molecule has 3 saturated heterocycles. The van der Waals surface area contributed by atoms with Gasteiger partial charge < -0.3 is 74.1 Å². The van der Waals surface area contributed by atoms with Gasteiger partial charge in [0.05, 0.1) is 95.4 Å². The number of benzene rings is 5. The van der Waals surface area contributed by atoms with Gasteiger partial charge >= 0.3 is 41.5 Å². The fourth-order valence-electron chi connectivity index (χ4n) is 11.4. The number of methoxy groups -OCH3 is 6. The van der Waals surface area contributed by atoms with Crippen LogP contribution in [0, 0.1) is 0 Å². The molecule has 0 aliphatic carbocycles. The number of imide groups is 2. The third-order valence-corrected chi connectivity index (χ3v) is 16.7. The summed E-state index contributed by atoms with van der Waals surface area (Å²) in [6.07, 6.45) is 2.94. The molecule has 25 nitrogen and oxygen atoms in total. The van der Waals surface area contributed by atoms with Crippen LogP contribution in [0.3, 0.4) is 0 Å². The summed E-state index contributed by atoms with van der Waals surface area (Å²) < 4.78 is 48.8. The molecular weight excluding hydrogens is 1350 g/mol. The Hall–Kier alpha value is -5.95. The maximum absolute atomic E-state index is 12.9. The molecule has 0 bridgehead atoms. The van der Waals surface area contributed by atoms with Crippen LogP contribution >= 0.6 is 27.8 Å². The van der Waals surface area contributed by atoms with Gasteiger partial charge in [-0.3, -0.25) is 33.8 Å². The second kappa shape index (κ2) is 45.8. The molecule has 29 heteroatoms. The van der Waals surface area contributed by atoms with Crippen molar-refractivity contribution < 1.29 is 132 Å². The fraction of sp³-hybridized carbons (Fsp3) is 0.486. The van der Waals surface area contributed by atoms with Gasteiger partial charge in [-0.15, -0.1) is 22.9 Å². The number of rotatable bonds is 24. The number of carbonyl (C=O) groups is 6. The summed E-state index contributed by atoms with van der Waals surface area (Å²) >= 11 is 0. The molecule has 7 N–H and O–H groups in total. The summed E-state index contributed by atoms with van der Waals surface area (Å²) in [5, 5.41) is 35.9. The maximum Gasteiger partial charge on any atom is 1.00 e. The number of hydrogen-bond acceptors (Lipinski definition) is 21. The smallest absolute Gasteiger partial charge is 0.870 e. The number of fused-ring (bicyclic) bond motifs is 2. The van der Waals surface area contributed by atoms with Crippen LogP contribution < -0.4 is 73.7 Å². The summed E-state index contributed by atoms with van der Waals surface area (Å²) in [7, 11) is 14.5. The number of nitrogens with one attached hydrogen (secondary N) is 3. The molecule has 4 unspecified atom stereocenters. The first-order chi connectivity index (χ1) is 45.8. The van der Waals surface area contributed by atoms with E-state index in [-0.39, 0.29) is 90.4 Å². The largest absolute Gasteiger partial charge is 1.00 e. The average molecular weight is 1450 g/mol. The van der Waals surface area contributed by atoms with Crippen LogP contribution in [-0.4, -0.2) is 190 Å². The summed E-state index contributed by atoms with van der Waals surface area (Å²) in [6, 6.07) is 31.2. The minimum atomic E-state index is -1.57. The Morgan fingerprint density at radius 3 is 1.23 bits per heavy atom. The van der Waals surface area contributed by atoms with Crippen LogP contribution in [0.5, 0.6) is 34.5 Å². The number of aliphatic hydroxyl groups is 2. The van der Waals surface area contributed by atoms with Crippen molar-refractivity contribution in [3.8, 4) is 34.5 Å². The van der Waals surface area contributed by atoms with Crippen molar-refractivity contribution in [1.29, 1.82) is 0 Å². The Balaban J connectivity index is 0.000000463. The van der Waals surface area contributed by atoms with Crippen LogP contribution in [0.25, 0.3) is 0 Å². The average Bonchev–Trinajstić information content (AvgIpc) is 1.65. The topological polar surface area (TPSA) is 320 Å². The second-order valence-corrected chi connectivity index (χ2v) is 23.1. The van der Waals surface area contributed by atoms with E-state index >= 15 is 0 Å². The monoisotopic (exact) mass is 1450 g/mol. The van der Waals surface area contributed by atoms with Crippen molar-refractivity contribution in [2.24, 2.45) is 0 Å². The number of amides is 4. The molecule has 5 aliphatic rings. The first-order valence-corrected chi connectivity index (χ1v) is 34.3. The number of hydroxylamine groups is 2. The zero-order valence-electron chi connectivity index (χ0n) is 57.8. The van der Waals surface area contributed by atoms with Gasteiger partial charge in [0.25, 0.3) is 23.6 Å². The molecule has 12 atom stereocenters. The molecule has 3 fully saturated rings. The number of quaternary nitrogens is 1. The van der Waals surface area contributed by atoms with Gasteiger partial charge in [-0.25, -0.2) is 9.59 Å². The van der Waals surface area contributed by atoms with E-state index in [1.165, 1.54) is 0 Å². The molecule has 99 heavy (non-hydrogen) atoms. The third-order valence-electron chi connectivity index (χ3n) is 16.7. The zero-order chi connectivity index (χ0) is 69.1. The van der Waals surface area contributed by atoms with E-state index in [1.54, 1.807) is 103 Å². The predicted octanol–water partition coefficient (Wildman–Crippen LogP) is 4.17. The molecule has 5 aromatic carbocycles. The first kappa shape index (κ1) is 89.1. The predicted molar refractivity (Wildman–Crippen MR) is 380 cm³/mol. The Kier molecular flexibility index (Phi) is 41.3. The minimum absolute atomic E-state index is 0. The number of ether oxygens (including phenoxy) is 9.